The van der Waals surface area contributed by atoms with E-state index in [-0.39, 0.29) is 5.56 Å². The first-order chi connectivity index (χ1) is 8.16. The standard InChI is InChI=1S/C13H11NO3/c1-9-2-3-11(13(15)16)12(8-9)17-10-4-6-14-7-5-10/h2-8H,1H3,(H,15,16). The first kappa shape index (κ1) is 11.1. The Kier molecular flexibility index (Phi) is 3.05. The van der Waals surface area contributed by atoms with Gasteiger partial charge in [-0.25, -0.2) is 4.79 Å². The van der Waals surface area contributed by atoms with Gasteiger partial charge < -0.3 is 9.84 Å². The Bertz CT molecular complexity index is 538. The number of aromatic carboxylic acids is 1. The molecule has 0 radical (unpaired) electrons. The van der Waals surface area contributed by atoms with Crippen molar-refractivity contribution in [3.05, 3.63) is 53.9 Å². The smallest absolute Gasteiger partial charge is 0.339 e. The molecule has 1 N–H and O–H groups in total. The molecule has 1 aromatic carbocycles. The lowest BCUT2D eigenvalue weighted by Gasteiger charge is -2.09. The summed E-state index contributed by atoms with van der Waals surface area (Å²) in [4.78, 5) is 14.9. The topological polar surface area (TPSA) is 59.4 Å². The number of aromatic nitrogens is 1. The van der Waals surface area contributed by atoms with Crippen LogP contribution in [0.4, 0.5) is 0 Å². The molecule has 0 atom stereocenters. The second-order valence-electron chi connectivity index (χ2n) is 3.59. The van der Waals surface area contributed by atoms with Crippen LogP contribution in [0.3, 0.4) is 0 Å². The van der Waals surface area contributed by atoms with Crippen molar-refractivity contribution >= 4 is 5.97 Å². The molecule has 0 fully saturated rings. The van der Waals surface area contributed by atoms with Crippen LogP contribution in [-0.2, 0) is 0 Å². The third kappa shape index (κ3) is 2.60. The first-order valence-electron chi connectivity index (χ1n) is 5.08. The summed E-state index contributed by atoms with van der Waals surface area (Å²) in [7, 11) is 0. The molecule has 1 heterocycles. The molecule has 0 bridgehead atoms. The van der Waals surface area contributed by atoms with Crippen molar-refractivity contribution in [3.8, 4) is 11.5 Å². The highest BCUT2D eigenvalue weighted by atomic mass is 16.5. The molecule has 0 aliphatic rings. The number of benzene rings is 1. The quantitative estimate of drug-likeness (QED) is 0.879. The predicted molar refractivity (Wildman–Crippen MR) is 62.4 cm³/mol. The van der Waals surface area contributed by atoms with E-state index in [9.17, 15) is 4.79 Å². The molecule has 86 valence electrons. The van der Waals surface area contributed by atoms with Crippen LogP contribution in [0.15, 0.2) is 42.7 Å². The molecule has 1 aromatic heterocycles. The van der Waals surface area contributed by atoms with Gasteiger partial charge in [-0.05, 0) is 36.8 Å². The summed E-state index contributed by atoms with van der Waals surface area (Å²) in [5, 5.41) is 9.04. The number of ether oxygens (including phenoxy) is 1. The highest BCUT2D eigenvalue weighted by molar-refractivity contribution is 5.91. The summed E-state index contributed by atoms with van der Waals surface area (Å²) < 4.78 is 5.53. The van der Waals surface area contributed by atoms with Gasteiger partial charge in [0, 0.05) is 12.4 Å². The number of hydrogen-bond donors (Lipinski definition) is 1. The summed E-state index contributed by atoms with van der Waals surface area (Å²) in [6.07, 6.45) is 3.18. The Morgan fingerprint density at radius 2 is 1.94 bits per heavy atom. The lowest BCUT2D eigenvalue weighted by atomic mass is 10.1. The Labute approximate surface area is 98.5 Å². The summed E-state index contributed by atoms with van der Waals surface area (Å²) >= 11 is 0. The van der Waals surface area contributed by atoms with E-state index in [0.29, 0.717) is 11.5 Å². The van der Waals surface area contributed by atoms with Crippen molar-refractivity contribution in [1.29, 1.82) is 0 Å². The molecule has 0 saturated carbocycles. The van der Waals surface area contributed by atoms with Crippen LogP contribution in [0.5, 0.6) is 11.5 Å². The van der Waals surface area contributed by atoms with Gasteiger partial charge in [-0.15, -0.1) is 0 Å². The fourth-order valence-corrected chi connectivity index (χ4v) is 1.42. The molecule has 0 unspecified atom stereocenters. The lowest BCUT2D eigenvalue weighted by molar-refractivity contribution is 0.0694. The fourth-order valence-electron chi connectivity index (χ4n) is 1.42. The van der Waals surface area contributed by atoms with Crippen molar-refractivity contribution < 1.29 is 14.6 Å². The van der Waals surface area contributed by atoms with Crippen LogP contribution >= 0.6 is 0 Å². The number of carboxylic acids is 1. The van der Waals surface area contributed by atoms with E-state index in [4.69, 9.17) is 9.84 Å². The monoisotopic (exact) mass is 229 g/mol. The van der Waals surface area contributed by atoms with Gasteiger partial charge in [0.05, 0.1) is 0 Å². The molecule has 2 rings (SSSR count). The Balaban J connectivity index is 2.37. The molecule has 0 spiro atoms. The largest absolute Gasteiger partial charge is 0.478 e. The Morgan fingerprint density at radius 3 is 2.59 bits per heavy atom. The van der Waals surface area contributed by atoms with Gasteiger partial charge in [0.2, 0.25) is 0 Å². The number of hydrogen-bond acceptors (Lipinski definition) is 3. The summed E-state index contributed by atoms with van der Waals surface area (Å²) in [6.45, 7) is 1.88. The Morgan fingerprint density at radius 1 is 1.24 bits per heavy atom. The highest BCUT2D eigenvalue weighted by Crippen LogP contribution is 2.26. The van der Waals surface area contributed by atoms with Gasteiger partial charge in [0.1, 0.15) is 17.1 Å². The van der Waals surface area contributed by atoms with Gasteiger partial charge in [-0.3, -0.25) is 4.98 Å². The van der Waals surface area contributed by atoms with Gasteiger partial charge in [-0.2, -0.15) is 0 Å². The molecule has 0 amide bonds. The van der Waals surface area contributed by atoms with Crippen molar-refractivity contribution in [2.75, 3.05) is 0 Å². The maximum Gasteiger partial charge on any atom is 0.339 e. The third-order valence-electron chi connectivity index (χ3n) is 2.25. The number of carboxylic acid groups (broad SMARTS) is 1. The maximum atomic E-state index is 11.0. The van der Waals surface area contributed by atoms with Crippen LogP contribution in [0.2, 0.25) is 0 Å². The average Bonchev–Trinajstić information content (AvgIpc) is 2.30. The van der Waals surface area contributed by atoms with E-state index < -0.39 is 5.97 Å². The minimum absolute atomic E-state index is 0.146. The summed E-state index contributed by atoms with van der Waals surface area (Å²) in [6, 6.07) is 8.32. The van der Waals surface area contributed by atoms with Crippen molar-refractivity contribution in [2.45, 2.75) is 6.92 Å². The summed E-state index contributed by atoms with van der Waals surface area (Å²) in [5.41, 5.74) is 1.09. The fraction of sp³-hybridized carbons (Fsp3) is 0.0769. The zero-order valence-electron chi connectivity index (χ0n) is 9.25. The molecular weight excluding hydrogens is 218 g/mol. The molecule has 17 heavy (non-hydrogen) atoms. The number of nitrogens with zero attached hydrogens (tertiary/aromatic N) is 1. The minimum atomic E-state index is -1.01. The molecule has 2 aromatic rings. The molecule has 0 saturated heterocycles. The predicted octanol–water partition coefficient (Wildman–Crippen LogP) is 2.88. The molecule has 0 aliphatic carbocycles. The lowest BCUT2D eigenvalue weighted by Crippen LogP contribution is -2.00. The third-order valence-corrected chi connectivity index (χ3v) is 2.25. The van der Waals surface area contributed by atoms with Crippen LogP contribution in [0, 0.1) is 6.92 Å². The molecular formula is C13H11NO3. The van der Waals surface area contributed by atoms with Gasteiger partial charge in [0.15, 0.2) is 0 Å². The highest BCUT2D eigenvalue weighted by Gasteiger charge is 2.11. The van der Waals surface area contributed by atoms with E-state index >= 15 is 0 Å². The van der Waals surface area contributed by atoms with Gasteiger partial charge >= 0.3 is 5.97 Å². The maximum absolute atomic E-state index is 11.0. The Hall–Kier alpha value is -2.36. The van der Waals surface area contributed by atoms with Gasteiger partial charge in [-0.1, -0.05) is 6.07 Å². The second kappa shape index (κ2) is 4.65. The molecule has 4 heteroatoms. The number of pyridine rings is 1. The SMILES string of the molecule is Cc1ccc(C(=O)O)c(Oc2ccncc2)c1. The van der Waals surface area contributed by atoms with Crippen molar-refractivity contribution in [3.63, 3.8) is 0 Å². The van der Waals surface area contributed by atoms with Crippen molar-refractivity contribution in [2.24, 2.45) is 0 Å². The second-order valence-corrected chi connectivity index (χ2v) is 3.59. The molecule has 0 aliphatic heterocycles. The van der Waals surface area contributed by atoms with E-state index in [0.717, 1.165) is 5.56 Å². The molecule has 4 nitrogen and oxygen atoms in total. The zero-order valence-corrected chi connectivity index (χ0v) is 9.25. The first-order valence-corrected chi connectivity index (χ1v) is 5.08. The van der Waals surface area contributed by atoms with E-state index in [1.165, 1.54) is 6.07 Å². The van der Waals surface area contributed by atoms with Crippen LogP contribution in [-0.4, -0.2) is 16.1 Å². The van der Waals surface area contributed by atoms with Crippen molar-refractivity contribution in [1.82, 2.24) is 4.98 Å². The normalized spacial score (nSPS) is 9.94. The van der Waals surface area contributed by atoms with Gasteiger partial charge in [0.25, 0.3) is 0 Å². The average molecular weight is 229 g/mol. The van der Waals surface area contributed by atoms with E-state index in [1.807, 2.05) is 6.92 Å². The van der Waals surface area contributed by atoms with Crippen LogP contribution < -0.4 is 4.74 Å². The zero-order chi connectivity index (χ0) is 12.3. The number of rotatable bonds is 3. The minimum Gasteiger partial charge on any atom is -0.478 e. The van der Waals surface area contributed by atoms with E-state index in [1.54, 1.807) is 36.7 Å². The van der Waals surface area contributed by atoms with E-state index in [2.05, 4.69) is 4.98 Å². The number of aryl methyl sites for hydroxylation is 1. The number of carbonyl (C=O) groups is 1. The summed E-state index contributed by atoms with van der Waals surface area (Å²) in [5.74, 6) is -0.106. The van der Waals surface area contributed by atoms with Crippen LogP contribution in [0.25, 0.3) is 0 Å². The van der Waals surface area contributed by atoms with Crippen LogP contribution in [0.1, 0.15) is 15.9 Å².